The van der Waals surface area contributed by atoms with Gasteiger partial charge in [-0.2, -0.15) is 0 Å². The highest BCUT2D eigenvalue weighted by Crippen LogP contribution is 2.46. The minimum Gasteiger partial charge on any atom is -0.507 e. The highest BCUT2D eigenvalue weighted by atomic mass is 32.2. The molecule has 1 aromatic carbocycles. The van der Waals surface area contributed by atoms with E-state index in [-0.39, 0.29) is 16.5 Å². The van der Waals surface area contributed by atoms with Crippen molar-refractivity contribution < 1.29 is 9.50 Å². The van der Waals surface area contributed by atoms with Gasteiger partial charge >= 0.3 is 0 Å². The summed E-state index contributed by atoms with van der Waals surface area (Å²) < 4.78 is 15.3. The van der Waals surface area contributed by atoms with Crippen LogP contribution < -0.4 is 5.32 Å². The molecule has 2 fully saturated rings. The molecule has 2 bridgehead atoms. The van der Waals surface area contributed by atoms with Gasteiger partial charge in [-0.05, 0) is 63.1 Å². The molecule has 4 atom stereocenters. The van der Waals surface area contributed by atoms with Crippen LogP contribution in [-0.2, 0) is 0 Å². The number of aromatic hydroxyl groups is 1. The second-order valence-electron chi connectivity index (χ2n) is 9.05. The summed E-state index contributed by atoms with van der Waals surface area (Å²) in [5, 5.41) is 16.4. The standard InChI is InChI=1S/C23H25FN4OS/c1-22-5-3-6-23(2,28-22)21(24)19(10-22)30-20-13-26-17(12-27-20)16-8-14-4-7-25-11-15(14)9-18(16)29/h4,7-9,11-13,19,21,28-29H,3,5-6,10H2,1-2H3/t19-,21+,22-,23+/m1/s1. The van der Waals surface area contributed by atoms with Crippen LogP contribution in [0, 0.1) is 0 Å². The monoisotopic (exact) mass is 424 g/mol. The van der Waals surface area contributed by atoms with Gasteiger partial charge in [0.25, 0.3) is 0 Å². The molecule has 0 saturated carbocycles. The van der Waals surface area contributed by atoms with Crippen LogP contribution in [0.1, 0.15) is 39.5 Å². The normalized spacial score (nSPS) is 31.0. The van der Waals surface area contributed by atoms with Gasteiger partial charge in [0.2, 0.25) is 0 Å². The quantitative estimate of drug-likeness (QED) is 0.624. The second kappa shape index (κ2) is 7.17. The summed E-state index contributed by atoms with van der Waals surface area (Å²) in [7, 11) is 0. The number of fused-ring (bicyclic) bond motifs is 3. The van der Waals surface area contributed by atoms with Crippen LogP contribution in [0.4, 0.5) is 4.39 Å². The lowest BCUT2D eigenvalue weighted by molar-refractivity contribution is 0.0230. The molecule has 2 saturated heterocycles. The van der Waals surface area contributed by atoms with Crippen molar-refractivity contribution in [3.8, 4) is 17.0 Å². The summed E-state index contributed by atoms with van der Waals surface area (Å²) >= 11 is 1.48. The molecule has 0 spiro atoms. The number of phenolic OH excluding ortho intramolecular Hbond substituents is 1. The molecule has 2 aromatic heterocycles. The summed E-state index contributed by atoms with van der Waals surface area (Å²) in [5.41, 5.74) is 0.722. The third-order valence-electron chi connectivity index (χ3n) is 6.53. The van der Waals surface area contributed by atoms with Crippen LogP contribution in [0.3, 0.4) is 0 Å². The fourth-order valence-corrected chi connectivity index (χ4v) is 6.49. The number of piperidine rings is 2. The first-order valence-corrected chi connectivity index (χ1v) is 11.2. The SMILES string of the molecule is C[C@]12CCC[C@](C)(N1)[C@@H](F)[C@H](Sc1cnc(-c3cc4ccncc4cc3O)cn1)C2. The fraction of sp³-hybridized carbons (Fsp3) is 0.435. The average molecular weight is 425 g/mol. The molecule has 2 aliphatic heterocycles. The Labute approximate surface area is 179 Å². The minimum atomic E-state index is -0.935. The topological polar surface area (TPSA) is 70.9 Å². The Kier molecular flexibility index (Phi) is 4.71. The highest BCUT2D eigenvalue weighted by Gasteiger charge is 2.52. The Morgan fingerprint density at radius 1 is 1.13 bits per heavy atom. The van der Waals surface area contributed by atoms with E-state index in [0.717, 1.165) is 36.5 Å². The van der Waals surface area contributed by atoms with Crippen molar-refractivity contribution in [2.24, 2.45) is 0 Å². The lowest BCUT2D eigenvalue weighted by atomic mass is 9.70. The molecule has 0 radical (unpaired) electrons. The maximum absolute atomic E-state index is 15.3. The number of alkyl halides is 1. The van der Waals surface area contributed by atoms with Gasteiger partial charge < -0.3 is 10.4 Å². The number of phenols is 1. The number of hydrogen-bond acceptors (Lipinski definition) is 6. The molecule has 0 aliphatic carbocycles. The zero-order valence-electron chi connectivity index (χ0n) is 17.1. The van der Waals surface area contributed by atoms with E-state index in [1.165, 1.54) is 11.8 Å². The Bertz CT molecular complexity index is 1090. The Balaban J connectivity index is 1.39. The third kappa shape index (κ3) is 3.44. The van der Waals surface area contributed by atoms with Crippen LogP contribution in [0.15, 0.2) is 48.0 Å². The van der Waals surface area contributed by atoms with E-state index in [0.29, 0.717) is 16.3 Å². The smallest absolute Gasteiger partial charge is 0.130 e. The minimum absolute atomic E-state index is 0.0215. The average Bonchev–Trinajstić information content (AvgIpc) is 2.72. The van der Waals surface area contributed by atoms with Crippen LogP contribution >= 0.6 is 11.8 Å². The van der Waals surface area contributed by atoms with Gasteiger partial charge in [-0.15, -0.1) is 0 Å². The molecule has 156 valence electrons. The Morgan fingerprint density at radius 3 is 2.80 bits per heavy atom. The number of hydrogen-bond donors (Lipinski definition) is 2. The van der Waals surface area contributed by atoms with E-state index in [1.807, 2.05) is 19.1 Å². The van der Waals surface area contributed by atoms with Crippen molar-refractivity contribution in [1.82, 2.24) is 20.3 Å². The van der Waals surface area contributed by atoms with Crippen LogP contribution in [0.5, 0.6) is 5.75 Å². The summed E-state index contributed by atoms with van der Waals surface area (Å²) in [4.78, 5) is 13.1. The third-order valence-corrected chi connectivity index (χ3v) is 7.69. The van der Waals surface area contributed by atoms with Crippen LogP contribution in [-0.4, -0.2) is 42.6 Å². The second-order valence-corrected chi connectivity index (χ2v) is 10.3. The first kappa shape index (κ1) is 19.7. The van der Waals surface area contributed by atoms with E-state index in [9.17, 15) is 5.11 Å². The predicted octanol–water partition coefficient (Wildman–Crippen LogP) is 4.89. The molecule has 4 heterocycles. The molecule has 30 heavy (non-hydrogen) atoms. The summed E-state index contributed by atoms with van der Waals surface area (Å²) in [6.45, 7) is 4.21. The lowest BCUT2D eigenvalue weighted by Crippen LogP contribution is -2.69. The number of thioether (sulfide) groups is 1. The van der Waals surface area contributed by atoms with Crippen molar-refractivity contribution in [1.29, 1.82) is 0 Å². The van der Waals surface area contributed by atoms with E-state index in [2.05, 4.69) is 27.2 Å². The number of benzene rings is 1. The first-order valence-electron chi connectivity index (χ1n) is 10.3. The molecule has 3 aromatic rings. The van der Waals surface area contributed by atoms with Crippen LogP contribution in [0.25, 0.3) is 22.0 Å². The molecule has 5 rings (SSSR count). The molecule has 7 heteroatoms. The van der Waals surface area contributed by atoms with Gasteiger partial charge in [0.05, 0.1) is 18.1 Å². The van der Waals surface area contributed by atoms with Crippen molar-refractivity contribution in [2.45, 2.75) is 67.1 Å². The fourth-order valence-electron chi connectivity index (χ4n) is 5.08. The molecule has 0 unspecified atom stereocenters. The Morgan fingerprint density at radius 2 is 2.00 bits per heavy atom. The largest absolute Gasteiger partial charge is 0.507 e. The van der Waals surface area contributed by atoms with E-state index >= 15 is 4.39 Å². The van der Waals surface area contributed by atoms with Crippen molar-refractivity contribution in [3.63, 3.8) is 0 Å². The first-order chi connectivity index (χ1) is 14.4. The molecular weight excluding hydrogens is 399 g/mol. The molecule has 2 N–H and O–H groups in total. The van der Waals surface area contributed by atoms with Gasteiger partial charge in [0, 0.05) is 39.7 Å². The number of halogens is 1. The summed E-state index contributed by atoms with van der Waals surface area (Å²) in [5.74, 6) is 0.140. The van der Waals surface area contributed by atoms with Crippen molar-refractivity contribution >= 4 is 22.5 Å². The zero-order chi connectivity index (χ0) is 20.9. The molecule has 0 amide bonds. The van der Waals surface area contributed by atoms with Crippen molar-refractivity contribution in [2.75, 3.05) is 0 Å². The lowest BCUT2D eigenvalue weighted by Gasteiger charge is -2.55. The number of aromatic nitrogens is 3. The maximum Gasteiger partial charge on any atom is 0.130 e. The zero-order valence-corrected chi connectivity index (χ0v) is 17.9. The van der Waals surface area contributed by atoms with Crippen LogP contribution in [0.2, 0.25) is 0 Å². The van der Waals surface area contributed by atoms with E-state index < -0.39 is 11.7 Å². The molecule has 5 nitrogen and oxygen atoms in total. The van der Waals surface area contributed by atoms with Gasteiger partial charge in [0.1, 0.15) is 16.9 Å². The summed E-state index contributed by atoms with van der Waals surface area (Å²) in [6, 6.07) is 5.47. The van der Waals surface area contributed by atoms with Gasteiger partial charge in [-0.1, -0.05) is 11.8 Å². The van der Waals surface area contributed by atoms with Gasteiger partial charge in [0.15, 0.2) is 0 Å². The Hall–Kier alpha value is -2.25. The number of pyridine rings is 1. The number of nitrogens with zero attached hydrogens (tertiary/aromatic N) is 3. The predicted molar refractivity (Wildman–Crippen MR) is 117 cm³/mol. The maximum atomic E-state index is 15.3. The highest BCUT2D eigenvalue weighted by molar-refractivity contribution is 7.99. The molecule has 2 aliphatic rings. The van der Waals surface area contributed by atoms with E-state index in [1.54, 1.807) is 30.9 Å². The van der Waals surface area contributed by atoms with Gasteiger partial charge in [-0.25, -0.2) is 9.37 Å². The number of nitrogens with one attached hydrogen (secondary N) is 1. The number of rotatable bonds is 3. The van der Waals surface area contributed by atoms with Gasteiger partial charge in [-0.3, -0.25) is 9.97 Å². The molecular formula is C23H25FN4OS. The van der Waals surface area contributed by atoms with E-state index in [4.69, 9.17) is 0 Å². The summed E-state index contributed by atoms with van der Waals surface area (Å²) in [6.07, 6.45) is 9.62. The van der Waals surface area contributed by atoms with Crippen molar-refractivity contribution in [3.05, 3.63) is 43.0 Å².